The minimum Gasteiger partial charge on any atom is -0.493 e. The van der Waals surface area contributed by atoms with Crippen LogP contribution in [0.2, 0.25) is 0 Å². The number of aliphatic hydroxyl groups excluding tert-OH is 1. The number of benzene rings is 1. The standard InChI is InChI=1S/C14H18O3/c15-13(7-10-3-5-16-9-10)11-1-2-14-12(8-11)4-6-17-14/h1-2,8,10,13,15H,3-7,9H2. The molecular weight excluding hydrogens is 216 g/mol. The van der Waals surface area contributed by atoms with Crippen molar-refractivity contribution in [2.45, 2.75) is 25.4 Å². The Labute approximate surface area is 101 Å². The smallest absolute Gasteiger partial charge is 0.122 e. The summed E-state index contributed by atoms with van der Waals surface area (Å²) >= 11 is 0. The third-order valence-corrected chi connectivity index (χ3v) is 3.68. The van der Waals surface area contributed by atoms with E-state index in [1.165, 1.54) is 5.56 Å². The highest BCUT2D eigenvalue weighted by Gasteiger charge is 2.21. The Bertz CT molecular complexity index is 396. The van der Waals surface area contributed by atoms with Crippen LogP contribution in [0, 0.1) is 5.92 Å². The SMILES string of the molecule is OC(CC1CCOC1)c1ccc2c(c1)CCO2. The van der Waals surface area contributed by atoms with Crippen molar-refractivity contribution in [2.75, 3.05) is 19.8 Å². The lowest BCUT2D eigenvalue weighted by molar-refractivity contribution is 0.129. The van der Waals surface area contributed by atoms with Crippen LogP contribution < -0.4 is 4.74 Å². The molecule has 92 valence electrons. The average molecular weight is 234 g/mol. The molecular formula is C14H18O3. The second-order valence-corrected chi connectivity index (χ2v) is 4.95. The lowest BCUT2D eigenvalue weighted by atomic mass is 9.95. The van der Waals surface area contributed by atoms with Crippen LogP contribution in [-0.2, 0) is 11.2 Å². The lowest BCUT2D eigenvalue weighted by Crippen LogP contribution is -2.07. The van der Waals surface area contributed by atoms with E-state index in [-0.39, 0.29) is 6.10 Å². The van der Waals surface area contributed by atoms with Gasteiger partial charge in [-0.05, 0) is 42.0 Å². The summed E-state index contributed by atoms with van der Waals surface area (Å²) in [6.45, 7) is 2.41. The molecule has 0 amide bonds. The van der Waals surface area contributed by atoms with Crippen LogP contribution in [0.3, 0.4) is 0 Å². The van der Waals surface area contributed by atoms with E-state index in [1.54, 1.807) is 0 Å². The first kappa shape index (κ1) is 11.1. The Morgan fingerprint density at radius 1 is 1.35 bits per heavy atom. The van der Waals surface area contributed by atoms with Crippen molar-refractivity contribution in [1.82, 2.24) is 0 Å². The van der Waals surface area contributed by atoms with Gasteiger partial charge in [0, 0.05) is 19.6 Å². The van der Waals surface area contributed by atoms with E-state index in [4.69, 9.17) is 9.47 Å². The predicted octanol–water partition coefficient (Wildman–Crippen LogP) is 2.08. The van der Waals surface area contributed by atoms with Crippen LogP contribution in [0.15, 0.2) is 18.2 Å². The van der Waals surface area contributed by atoms with Gasteiger partial charge < -0.3 is 14.6 Å². The van der Waals surface area contributed by atoms with E-state index < -0.39 is 0 Å². The van der Waals surface area contributed by atoms with Gasteiger partial charge in [-0.25, -0.2) is 0 Å². The van der Waals surface area contributed by atoms with Gasteiger partial charge in [0.1, 0.15) is 5.75 Å². The second kappa shape index (κ2) is 4.67. The van der Waals surface area contributed by atoms with E-state index in [2.05, 4.69) is 6.07 Å². The van der Waals surface area contributed by atoms with Crippen LogP contribution in [0.1, 0.15) is 30.1 Å². The van der Waals surface area contributed by atoms with Crippen LogP contribution in [0.25, 0.3) is 0 Å². The molecule has 2 aliphatic heterocycles. The average Bonchev–Trinajstić information content (AvgIpc) is 2.97. The topological polar surface area (TPSA) is 38.7 Å². The molecule has 17 heavy (non-hydrogen) atoms. The number of hydrogen-bond donors (Lipinski definition) is 1. The Morgan fingerprint density at radius 2 is 2.29 bits per heavy atom. The van der Waals surface area contributed by atoms with E-state index in [9.17, 15) is 5.11 Å². The van der Waals surface area contributed by atoms with Gasteiger partial charge in [-0.2, -0.15) is 0 Å². The molecule has 2 atom stereocenters. The van der Waals surface area contributed by atoms with Crippen molar-refractivity contribution in [1.29, 1.82) is 0 Å². The molecule has 2 unspecified atom stereocenters. The van der Waals surface area contributed by atoms with Crippen LogP contribution in [-0.4, -0.2) is 24.9 Å². The van der Waals surface area contributed by atoms with Gasteiger partial charge in [-0.15, -0.1) is 0 Å². The summed E-state index contributed by atoms with van der Waals surface area (Å²) in [5.74, 6) is 1.49. The highest BCUT2D eigenvalue weighted by Crippen LogP contribution is 2.31. The van der Waals surface area contributed by atoms with Crippen LogP contribution >= 0.6 is 0 Å². The summed E-state index contributed by atoms with van der Waals surface area (Å²) in [5.41, 5.74) is 2.24. The van der Waals surface area contributed by atoms with Crippen molar-refractivity contribution < 1.29 is 14.6 Å². The van der Waals surface area contributed by atoms with Gasteiger partial charge in [-0.1, -0.05) is 6.07 Å². The zero-order valence-corrected chi connectivity index (χ0v) is 9.89. The molecule has 1 aromatic rings. The second-order valence-electron chi connectivity index (χ2n) is 4.95. The maximum Gasteiger partial charge on any atom is 0.122 e. The maximum atomic E-state index is 10.2. The van der Waals surface area contributed by atoms with Crippen LogP contribution in [0.5, 0.6) is 5.75 Å². The summed E-state index contributed by atoms with van der Waals surface area (Å²) in [5, 5.41) is 10.2. The van der Waals surface area contributed by atoms with Gasteiger partial charge in [0.25, 0.3) is 0 Å². The number of ether oxygens (including phenoxy) is 2. The van der Waals surface area contributed by atoms with Crippen molar-refractivity contribution in [3.8, 4) is 5.75 Å². The molecule has 0 bridgehead atoms. The molecule has 1 aromatic carbocycles. The van der Waals surface area contributed by atoms with E-state index in [1.807, 2.05) is 12.1 Å². The first-order chi connectivity index (χ1) is 8.33. The summed E-state index contributed by atoms with van der Waals surface area (Å²) in [7, 11) is 0. The molecule has 0 saturated carbocycles. The van der Waals surface area contributed by atoms with E-state index >= 15 is 0 Å². The van der Waals surface area contributed by atoms with Gasteiger partial charge in [-0.3, -0.25) is 0 Å². The highest BCUT2D eigenvalue weighted by molar-refractivity contribution is 5.40. The summed E-state index contributed by atoms with van der Waals surface area (Å²) in [6, 6.07) is 6.04. The van der Waals surface area contributed by atoms with Crippen molar-refractivity contribution in [3.05, 3.63) is 29.3 Å². The van der Waals surface area contributed by atoms with Crippen molar-refractivity contribution >= 4 is 0 Å². The third-order valence-electron chi connectivity index (χ3n) is 3.68. The first-order valence-corrected chi connectivity index (χ1v) is 6.34. The minimum absolute atomic E-state index is 0.368. The molecule has 3 rings (SSSR count). The largest absolute Gasteiger partial charge is 0.493 e. The lowest BCUT2D eigenvalue weighted by Gasteiger charge is -2.15. The zero-order chi connectivity index (χ0) is 11.7. The fourth-order valence-electron chi connectivity index (χ4n) is 2.63. The molecule has 2 heterocycles. The van der Waals surface area contributed by atoms with E-state index in [0.29, 0.717) is 5.92 Å². The number of rotatable bonds is 3. The number of aliphatic hydroxyl groups is 1. The fourth-order valence-corrected chi connectivity index (χ4v) is 2.63. The maximum absolute atomic E-state index is 10.2. The fraction of sp³-hybridized carbons (Fsp3) is 0.571. The molecule has 0 radical (unpaired) electrons. The van der Waals surface area contributed by atoms with Gasteiger partial charge in [0.2, 0.25) is 0 Å². The quantitative estimate of drug-likeness (QED) is 0.870. The molecule has 3 heteroatoms. The molecule has 1 saturated heterocycles. The third kappa shape index (κ3) is 2.31. The monoisotopic (exact) mass is 234 g/mol. The van der Waals surface area contributed by atoms with Crippen LogP contribution in [0.4, 0.5) is 0 Å². The molecule has 0 spiro atoms. The summed E-state index contributed by atoms with van der Waals surface area (Å²) < 4.78 is 10.8. The van der Waals surface area contributed by atoms with Gasteiger partial charge in [0.05, 0.1) is 12.7 Å². The summed E-state index contributed by atoms with van der Waals surface area (Å²) in [6.07, 6.45) is 2.47. The Morgan fingerprint density at radius 3 is 3.12 bits per heavy atom. The number of hydrogen-bond acceptors (Lipinski definition) is 3. The van der Waals surface area contributed by atoms with Gasteiger partial charge in [0.15, 0.2) is 0 Å². The van der Waals surface area contributed by atoms with Gasteiger partial charge >= 0.3 is 0 Å². The zero-order valence-electron chi connectivity index (χ0n) is 9.89. The molecule has 2 aliphatic rings. The minimum atomic E-state index is -0.368. The van der Waals surface area contributed by atoms with Crippen molar-refractivity contribution in [2.24, 2.45) is 5.92 Å². The Balaban J connectivity index is 1.70. The molecule has 0 aliphatic carbocycles. The van der Waals surface area contributed by atoms with Crippen molar-refractivity contribution in [3.63, 3.8) is 0 Å². The Hall–Kier alpha value is -1.06. The normalized spacial score (nSPS) is 24.4. The Kier molecular flexibility index (Phi) is 3.04. The highest BCUT2D eigenvalue weighted by atomic mass is 16.5. The first-order valence-electron chi connectivity index (χ1n) is 6.34. The molecule has 1 fully saturated rings. The van der Waals surface area contributed by atoms with E-state index in [0.717, 1.165) is 50.4 Å². The summed E-state index contributed by atoms with van der Waals surface area (Å²) in [4.78, 5) is 0. The molecule has 0 aromatic heterocycles. The molecule has 1 N–H and O–H groups in total. The molecule has 3 nitrogen and oxygen atoms in total. The predicted molar refractivity (Wildman–Crippen MR) is 64.1 cm³/mol. The number of fused-ring (bicyclic) bond motifs is 1.